The second-order valence-corrected chi connectivity index (χ2v) is 15.6. The highest BCUT2D eigenvalue weighted by Gasteiger charge is 2.70. The first-order valence-corrected chi connectivity index (χ1v) is 14.6. The predicted molar refractivity (Wildman–Crippen MR) is 142 cm³/mol. The highest BCUT2D eigenvalue weighted by molar-refractivity contribution is 5.77. The molecule has 0 bridgehead atoms. The van der Waals surface area contributed by atoms with Crippen molar-refractivity contribution in [2.75, 3.05) is 0 Å². The molecule has 0 aromatic carbocycles. The van der Waals surface area contributed by atoms with Crippen LogP contribution in [0.4, 0.5) is 0 Å². The normalized spacial score (nSPS) is 51.5. The summed E-state index contributed by atoms with van der Waals surface area (Å²) in [7, 11) is 0. The van der Waals surface area contributed by atoms with Crippen molar-refractivity contribution < 1.29 is 19.4 Å². The second kappa shape index (κ2) is 7.85. The zero-order chi connectivity index (χ0) is 26.5. The third-order valence-corrected chi connectivity index (χ3v) is 13.4. The highest BCUT2D eigenvalue weighted by atomic mass is 16.5. The Kier molecular flexibility index (Phi) is 5.74. The summed E-state index contributed by atoms with van der Waals surface area (Å²) in [6.45, 7) is 18.3. The van der Waals surface area contributed by atoms with Gasteiger partial charge in [0.15, 0.2) is 0 Å². The number of aliphatic carboxylic acids is 1. The van der Waals surface area contributed by atoms with Gasteiger partial charge < -0.3 is 9.84 Å². The maximum atomic E-state index is 12.8. The molecule has 2 unspecified atom stereocenters. The lowest BCUT2D eigenvalue weighted by Gasteiger charge is -2.71. The van der Waals surface area contributed by atoms with Crippen molar-refractivity contribution in [1.82, 2.24) is 0 Å². The molecule has 5 rings (SSSR count). The van der Waals surface area contributed by atoms with Crippen LogP contribution in [0.25, 0.3) is 0 Å². The Morgan fingerprint density at radius 3 is 2.19 bits per heavy atom. The number of esters is 1. The van der Waals surface area contributed by atoms with Crippen LogP contribution in [0.15, 0.2) is 11.6 Å². The summed E-state index contributed by atoms with van der Waals surface area (Å²) in [6.07, 6.45) is 13.3. The van der Waals surface area contributed by atoms with Crippen molar-refractivity contribution in [2.45, 2.75) is 126 Å². The Morgan fingerprint density at radius 1 is 0.889 bits per heavy atom. The van der Waals surface area contributed by atoms with E-state index in [1.54, 1.807) is 5.57 Å². The van der Waals surface area contributed by atoms with Gasteiger partial charge >= 0.3 is 11.9 Å². The Morgan fingerprint density at radius 2 is 1.56 bits per heavy atom. The third-order valence-electron chi connectivity index (χ3n) is 13.4. The molecule has 0 radical (unpaired) electrons. The topological polar surface area (TPSA) is 63.6 Å². The minimum absolute atomic E-state index is 0.0136. The van der Waals surface area contributed by atoms with E-state index in [1.165, 1.54) is 39.0 Å². The molecule has 0 spiro atoms. The monoisotopic (exact) mass is 498 g/mol. The fraction of sp³-hybridized carbons (Fsp3) is 0.875. The summed E-state index contributed by atoms with van der Waals surface area (Å²) < 4.78 is 5.69. The van der Waals surface area contributed by atoms with Crippen LogP contribution in [0, 0.1) is 50.2 Å². The molecular formula is C32H50O4. The van der Waals surface area contributed by atoms with Crippen LogP contribution in [0.5, 0.6) is 0 Å². The predicted octanol–water partition coefficient (Wildman–Crippen LogP) is 7.80. The Hall–Kier alpha value is -1.32. The number of rotatable bonds is 2. The summed E-state index contributed by atoms with van der Waals surface area (Å²) >= 11 is 0. The smallest absolute Gasteiger partial charge is 0.313 e. The maximum Gasteiger partial charge on any atom is 0.313 e. The quantitative estimate of drug-likeness (QED) is 0.311. The van der Waals surface area contributed by atoms with Gasteiger partial charge in [-0.3, -0.25) is 9.59 Å². The van der Waals surface area contributed by atoms with E-state index >= 15 is 0 Å². The number of carbonyl (C=O) groups is 2. The van der Waals surface area contributed by atoms with Crippen molar-refractivity contribution in [3.63, 3.8) is 0 Å². The van der Waals surface area contributed by atoms with Gasteiger partial charge in [0, 0.05) is 6.92 Å². The first kappa shape index (κ1) is 26.3. The van der Waals surface area contributed by atoms with Gasteiger partial charge in [-0.05, 0) is 116 Å². The molecule has 5 aliphatic rings. The third kappa shape index (κ3) is 3.30. The van der Waals surface area contributed by atoms with Gasteiger partial charge in [0.05, 0.1) is 0 Å². The number of hydrogen-bond acceptors (Lipinski definition) is 3. The van der Waals surface area contributed by atoms with Crippen molar-refractivity contribution in [3.05, 3.63) is 11.6 Å². The molecular weight excluding hydrogens is 448 g/mol. The molecule has 36 heavy (non-hydrogen) atoms. The molecule has 0 aromatic heterocycles. The average molecular weight is 499 g/mol. The standard InChI is InChI=1S/C32H50O4/c1-20(33)36-25-12-13-29(5)23-10-9-21-22-19-27(2,3)15-16-28(22,4)17-18-30(21,6)31(23,7)14-11-24(29)32(25,8)26(34)35/h9,22-25H,10-19H2,1-8H3,(H,34,35)/t22-,23?,24?,25+,28+,29+,30+,31+,32+/m0/s1. The average Bonchev–Trinajstić information content (AvgIpc) is 2.77. The van der Waals surface area contributed by atoms with E-state index in [0.717, 1.165) is 25.7 Å². The van der Waals surface area contributed by atoms with E-state index < -0.39 is 17.5 Å². The molecule has 5 aliphatic carbocycles. The molecule has 0 heterocycles. The second-order valence-electron chi connectivity index (χ2n) is 15.6. The lowest BCUT2D eigenvalue weighted by atomic mass is 9.33. The summed E-state index contributed by atoms with van der Waals surface area (Å²) in [5.41, 5.74) is 1.81. The van der Waals surface area contributed by atoms with Gasteiger partial charge in [-0.2, -0.15) is 0 Å². The minimum atomic E-state index is -1.04. The molecule has 4 heteroatoms. The first-order chi connectivity index (χ1) is 16.5. The number of ether oxygens (including phenoxy) is 1. The Labute approximate surface area is 219 Å². The molecule has 4 fully saturated rings. The van der Waals surface area contributed by atoms with Crippen molar-refractivity contribution in [1.29, 1.82) is 0 Å². The molecule has 9 atom stereocenters. The number of fused-ring (bicyclic) bond motifs is 7. The van der Waals surface area contributed by atoms with Gasteiger partial charge in [-0.15, -0.1) is 0 Å². The van der Waals surface area contributed by atoms with Crippen molar-refractivity contribution in [2.24, 2.45) is 50.2 Å². The number of carbonyl (C=O) groups excluding carboxylic acids is 1. The zero-order valence-electron chi connectivity index (χ0n) is 24.1. The first-order valence-electron chi connectivity index (χ1n) is 14.6. The van der Waals surface area contributed by atoms with Crippen molar-refractivity contribution >= 4 is 11.9 Å². The van der Waals surface area contributed by atoms with Crippen LogP contribution in [0.1, 0.15) is 120 Å². The Bertz CT molecular complexity index is 996. The van der Waals surface area contributed by atoms with E-state index in [-0.39, 0.29) is 28.1 Å². The van der Waals surface area contributed by atoms with E-state index in [4.69, 9.17) is 4.74 Å². The number of carboxylic acid groups (broad SMARTS) is 1. The van der Waals surface area contributed by atoms with E-state index in [2.05, 4.69) is 47.6 Å². The van der Waals surface area contributed by atoms with Gasteiger partial charge in [0.25, 0.3) is 0 Å². The van der Waals surface area contributed by atoms with Crippen LogP contribution in [-0.4, -0.2) is 23.1 Å². The molecule has 0 aliphatic heterocycles. The van der Waals surface area contributed by atoms with Gasteiger partial charge in [-0.25, -0.2) is 0 Å². The van der Waals surface area contributed by atoms with Gasteiger partial charge in [-0.1, -0.05) is 53.2 Å². The SMILES string of the molecule is CC(=O)O[C@@H]1CC[C@@]2(C)C(CC[C@]3(C)C2CC=C2[C@@H]4CC(C)(C)CC[C@]4(C)CC[C@]23C)[C@@]1(C)C(=O)O. The largest absolute Gasteiger partial charge is 0.481 e. The molecule has 202 valence electrons. The summed E-state index contributed by atoms with van der Waals surface area (Å²) in [4.78, 5) is 24.8. The lowest BCUT2D eigenvalue weighted by molar-refractivity contribution is -0.222. The molecule has 4 saturated carbocycles. The van der Waals surface area contributed by atoms with Crippen LogP contribution >= 0.6 is 0 Å². The van der Waals surface area contributed by atoms with Crippen LogP contribution in [-0.2, 0) is 14.3 Å². The van der Waals surface area contributed by atoms with E-state index in [1.807, 2.05) is 6.92 Å². The molecule has 1 N–H and O–H groups in total. The minimum Gasteiger partial charge on any atom is -0.481 e. The number of hydrogen-bond donors (Lipinski definition) is 1. The zero-order valence-corrected chi connectivity index (χ0v) is 24.1. The fourth-order valence-corrected chi connectivity index (χ4v) is 10.9. The molecule has 0 saturated heterocycles. The van der Waals surface area contributed by atoms with Crippen LogP contribution in [0.3, 0.4) is 0 Å². The Balaban J connectivity index is 1.56. The van der Waals surface area contributed by atoms with Gasteiger partial charge in [0.2, 0.25) is 0 Å². The maximum absolute atomic E-state index is 12.8. The highest BCUT2D eigenvalue weighted by Crippen LogP contribution is 2.75. The van der Waals surface area contributed by atoms with Crippen LogP contribution < -0.4 is 0 Å². The van der Waals surface area contributed by atoms with Crippen molar-refractivity contribution in [3.8, 4) is 0 Å². The summed E-state index contributed by atoms with van der Waals surface area (Å²) in [5, 5.41) is 10.5. The number of carboxylic acids is 1. The van der Waals surface area contributed by atoms with E-state index in [9.17, 15) is 14.7 Å². The molecule has 0 amide bonds. The van der Waals surface area contributed by atoms with Crippen LogP contribution in [0.2, 0.25) is 0 Å². The summed E-state index contributed by atoms with van der Waals surface area (Å²) in [5.74, 6) is -0.0260. The summed E-state index contributed by atoms with van der Waals surface area (Å²) in [6, 6.07) is 0. The molecule has 0 aromatic rings. The number of allylic oxidation sites excluding steroid dienone is 2. The lowest BCUT2D eigenvalue weighted by Crippen LogP contribution is -2.66. The fourth-order valence-electron chi connectivity index (χ4n) is 10.9. The van der Waals surface area contributed by atoms with E-state index in [0.29, 0.717) is 29.1 Å². The molecule has 4 nitrogen and oxygen atoms in total. The van der Waals surface area contributed by atoms with Gasteiger partial charge in [0.1, 0.15) is 11.5 Å².